The van der Waals surface area contributed by atoms with E-state index in [0.29, 0.717) is 18.7 Å². The number of nitrogens with zero attached hydrogens (tertiary/aromatic N) is 2. The molecule has 5 nitrogen and oxygen atoms in total. The maximum absolute atomic E-state index is 13.8. The molecular weight excluding hydrogens is 352 g/mol. The molecule has 1 amide bonds. The number of rotatable bonds is 5. The lowest BCUT2D eigenvalue weighted by Crippen LogP contribution is -2.87. The molecule has 144 valence electrons. The first-order chi connectivity index (χ1) is 12.9. The zero-order valence-corrected chi connectivity index (χ0v) is 15.2. The zero-order valence-electron chi connectivity index (χ0n) is 15.2. The molecule has 7 heteroatoms. The number of hydrogen-bond acceptors (Lipinski definition) is 3. The van der Waals surface area contributed by atoms with Gasteiger partial charge in [0.2, 0.25) is 0 Å². The fraction of sp³-hybridized carbons (Fsp3) is 0.350. The minimum atomic E-state index is -0.606. The molecule has 1 heterocycles. The summed E-state index contributed by atoms with van der Waals surface area (Å²) in [5.41, 5.74) is 1.41. The molecule has 0 saturated carbocycles. The fourth-order valence-corrected chi connectivity index (χ4v) is 3.28. The van der Waals surface area contributed by atoms with Gasteiger partial charge in [0.25, 0.3) is 5.91 Å². The lowest BCUT2D eigenvalue weighted by atomic mass is 10.1. The van der Waals surface area contributed by atoms with Crippen LogP contribution in [0.3, 0.4) is 0 Å². The van der Waals surface area contributed by atoms with Gasteiger partial charge >= 0.3 is 0 Å². The summed E-state index contributed by atoms with van der Waals surface area (Å²) in [4.78, 5) is 16.4. The number of carbonyl (C=O) groups excluding carboxylic acids is 1. The van der Waals surface area contributed by atoms with Crippen LogP contribution in [0.1, 0.15) is 18.5 Å². The van der Waals surface area contributed by atoms with E-state index in [0.717, 1.165) is 24.8 Å². The third-order valence-corrected chi connectivity index (χ3v) is 4.95. The summed E-state index contributed by atoms with van der Waals surface area (Å²) in [5, 5.41) is 11.1. The molecule has 0 unspecified atom stereocenters. The van der Waals surface area contributed by atoms with E-state index in [1.165, 1.54) is 12.1 Å². The second-order valence-corrected chi connectivity index (χ2v) is 6.78. The quantitative estimate of drug-likeness (QED) is 0.834. The van der Waals surface area contributed by atoms with Crippen LogP contribution < -0.4 is 10.2 Å². The second kappa shape index (κ2) is 8.35. The number of halogens is 2. The smallest absolute Gasteiger partial charge is 0.277 e. The number of carbonyl (C=O) groups is 1. The molecule has 1 atom stereocenters. The molecule has 0 aliphatic carbocycles. The van der Waals surface area contributed by atoms with Crippen LogP contribution in [0, 0.1) is 11.6 Å². The summed E-state index contributed by atoms with van der Waals surface area (Å²) in [5.74, 6) is -0.954. The molecule has 1 saturated heterocycles. The number of quaternary nitrogens is 1. The maximum Gasteiger partial charge on any atom is 0.277 e. The first-order valence-electron chi connectivity index (χ1n) is 9.04. The highest BCUT2D eigenvalue weighted by atomic mass is 19.1. The van der Waals surface area contributed by atoms with Gasteiger partial charge in [-0.1, -0.05) is 0 Å². The largest absolute Gasteiger partial charge is 0.508 e. The molecule has 0 spiro atoms. The van der Waals surface area contributed by atoms with E-state index >= 15 is 0 Å². The Morgan fingerprint density at radius 2 is 1.78 bits per heavy atom. The van der Waals surface area contributed by atoms with Gasteiger partial charge in [0.05, 0.1) is 0 Å². The topological polar surface area (TPSA) is 60.4 Å². The fourth-order valence-electron chi connectivity index (χ4n) is 3.28. The van der Waals surface area contributed by atoms with Crippen molar-refractivity contribution in [1.82, 2.24) is 4.90 Å². The highest BCUT2D eigenvalue weighted by Crippen LogP contribution is 2.20. The molecule has 3 rings (SSSR count). The minimum Gasteiger partial charge on any atom is -0.508 e. The monoisotopic (exact) mass is 376 g/mol. The van der Waals surface area contributed by atoms with Crippen molar-refractivity contribution >= 4 is 11.6 Å². The summed E-state index contributed by atoms with van der Waals surface area (Å²) in [7, 11) is 0. The van der Waals surface area contributed by atoms with Crippen LogP contribution >= 0.6 is 0 Å². The molecule has 1 aliphatic heterocycles. The Kier molecular flexibility index (Phi) is 5.91. The first-order valence-corrected chi connectivity index (χ1v) is 9.04. The van der Waals surface area contributed by atoms with Crippen LogP contribution in [0.4, 0.5) is 14.5 Å². The molecule has 0 aromatic heterocycles. The van der Waals surface area contributed by atoms with Gasteiger partial charge in [-0.05, 0) is 43.3 Å². The number of aromatic hydroxyl groups is 1. The normalized spacial score (nSPS) is 15.7. The average molecular weight is 376 g/mol. The van der Waals surface area contributed by atoms with Crippen molar-refractivity contribution in [3.05, 3.63) is 59.7 Å². The average Bonchev–Trinajstić information content (AvgIpc) is 2.66. The number of anilines is 1. The van der Waals surface area contributed by atoms with Crippen LogP contribution in [0.2, 0.25) is 0 Å². The molecule has 27 heavy (non-hydrogen) atoms. The predicted octanol–water partition coefficient (Wildman–Crippen LogP) is 1.64. The number of nitrogens with two attached hydrogens (primary N) is 1. The van der Waals surface area contributed by atoms with Gasteiger partial charge in [-0.2, -0.15) is 0 Å². The van der Waals surface area contributed by atoms with Crippen LogP contribution in [-0.2, 0) is 4.79 Å². The van der Waals surface area contributed by atoms with Gasteiger partial charge < -0.3 is 20.2 Å². The standard InChI is InChI=1S/C20H23F2N3O2/c1-14(18-7-2-15(21)12-19(18)22)23-13-20(27)25-10-8-24(9-11-25)16-3-5-17(26)6-4-16/h2-7,12,14,23,26H,8-11,13H2,1H3/p+1/t14-/m1/s1. The van der Waals surface area contributed by atoms with Crippen molar-refractivity contribution in [3.8, 4) is 5.75 Å². The van der Waals surface area contributed by atoms with Crippen molar-refractivity contribution in [2.75, 3.05) is 37.6 Å². The second-order valence-electron chi connectivity index (χ2n) is 6.78. The van der Waals surface area contributed by atoms with Crippen LogP contribution in [0.25, 0.3) is 0 Å². The number of phenols is 1. The molecule has 0 bridgehead atoms. The SMILES string of the molecule is C[C@@H]([NH2+]CC(=O)N1CCN(c2ccc(O)cc2)CC1)c1ccc(F)cc1F. The summed E-state index contributed by atoms with van der Waals surface area (Å²) in [6, 6.07) is 10.3. The number of piperazine rings is 1. The summed E-state index contributed by atoms with van der Waals surface area (Å²) in [6.45, 7) is 4.69. The van der Waals surface area contributed by atoms with Gasteiger partial charge in [0, 0.05) is 43.5 Å². The van der Waals surface area contributed by atoms with Crippen molar-refractivity contribution in [2.45, 2.75) is 13.0 Å². The summed E-state index contributed by atoms with van der Waals surface area (Å²) < 4.78 is 26.8. The molecule has 2 aromatic carbocycles. The van der Waals surface area contributed by atoms with E-state index in [9.17, 15) is 18.7 Å². The van der Waals surface area contributed by atoms with E-state index in [1.807, 2.05) is 12.1 Å². The summed E-state index contributed by atoms with van der Waals surface area (Å²) in [6.07, 6.45) is 0. The van der Waals surface area contributed by atoms with E-state index in [1.54, 1.807) is 29.3 Å². The Morgan fingerprint density at radius 1 is 1.11 bits per heavy atom. The molecule has 1 fully saturated rings. The third kappa shape index (κ3) is 4.74. The summed E-state index contributed by atoms with van der Waals surface area (Å²) >= 11 is 0. The minimum absolute atomic E-state index is 0.00901. The molecule has 1 aliphatic rings. The third-order valence-electron chi connectivity index (χ3n) is 4.95. The highest BCUT2D eigenvalue weighted by molar-refractivity contribution is 5.77. The van der Waals surface area contributed by atoms with Crippen molar-refractivity contribution in [3.63, 3.8) is 0 Å². The Labute approximate surface area is 157 Å². The lowest BCUT2D eigenvalue weighted by molar-refractivity contribution is -0.683. The molecule has 2 aromatic rings. The predicted molar refractivity (Wildman–Crippen MR) is 98.5 cm³/mol. The lowest BCUT2D eigenvalue weighted by Gasteiger charge is -2.36. The number of amides is 1. The van der Waals surface area contributed by atoms with Crippen molar-refractivity contribution in [2.24, 2.45) is 0 Å². The number of phenolic OH excluding ortho intramolecular Hbond substituents is 1. The van der Waals surface area contributed by atoms with Gasteiger partial charge in [0.15, 0.2) is 6.54 Å². The van der Waals surface area contributed by atoms with Crippen molar-refractivity contribution < 1.29 is 24.0 Å². The van der Waals surface area contributed by atoms with E-state index in [2.05, 4.69) is 4.90 Å². The van der Waals surface area contributed by atoms with Gasteiger partial charge in [-0.3, -0.25) is 4.79 Å². The number of hydrogen-bond donors (Lipinski definition) is 2. The van der Waals surface area contributed by atoms with Crippen LogP contribution in [-0.4, -0.2) is 48.6 Å². The van der Waals surface area contributed by atoms with Crippen LogP contribution in [0.5, 0.6) is 5.75 Å². The van der Waals surface area contributed by atoms with E-state index in [4.69, 9.17) is 0 Å². The molecule has 0 radical (unpaired) electrons. The Hall–Kier alpha value is -2.67. The Morgan fingerprint density at radius 3 is 2.41 bits per heavy atom. The first kappa shape index (κ1) is 19.1. The van der Waals surface area contributed by atoms with Gasteiger partial charge in [-0.25, -0.2) is 8.78 Å². The Bertz CT molecular complexity index is 790. The van der Waals surface area contributed by atoms with E-state index < -0.39 is 11.6 Å². The van der Waals surface area contributed by atoms with Crippen molar-refractivity contribution in [1.29, 1.82) is 0 Å². The molecular formula is C20H24F2N3O2+. The van der Waals surface area contributed by atoms with Gasteiger partial charge in [0.1, 0.15) is 23.4 Å². The van der Waals surface area contributed by atoms with Gasteiger partial charge in [-0.15, -0.1) is 0 Å². The highest BCUT2D eigenvalue weighted by Gasteiger charge is 2.23. The zero-order chi connectivity index (χ0) is 19.4. The Balaban J connectivity index is 1.48. The maximum atomic E-state index is 13.8. The van der Waals surface area contributed by atoms with Crippen LogP contribution in [0.15, 0.2) is 42.5 Å². The van der Waals surface area contributed by atoms with E-state index in [-0.39, 0.29) is 24.2 Å². The molecule has 3 N–H and O–H groups in total. The number of benzene rings is 2.